The van der Waals surface area contributed by atoms with Gasteiger partial charge in [0.2, 0.25) is 11.8 Å². The van der Waals surface area contributed by atoms with Crippen LogP contribution >= 0.6 is 0 Å². The van der Waals surface area contributed by atoms with Crippen LogP contribution in [0.5, 0.6) is 0 Å². The van der Waals surface area contributed by atoms with E-state index in [0.29, 0.717) is 12.5 Å². The maximum atomic E-state index is 5.70. The second kappa shape index (κ2) is 5.41. The van der Waals surface area contributed by atoms with E-state index in [0.717, 1.165) is 31.8 Å². The monoisotopic (exact) mass is 225 g/mol. The minimum absolute atomic E-state index is 0.158. The molecule has 0 saturated carbocycles. The highest BCUT2D eigenvalue weighted by atomic mass is 16.5. The van der Waals surface area contributed by atoms with Crippen molar-refractivity contribution >= 4 is 0 Å². The van der Waals surface area contributed by atoms with Gasteiger partial charge in [0.15, 0.2) is 0 Å². The molecule has 5 heteroatoms. The van der Waals surface area contributed by atoms with Gasteiger partial charge in [-0.3, -0.25) is 0 Å². The van der Waals surface area contributed by atoms with E-state index in [9.17, 15) is 0 Å². The Labute approximate surface area is 95.6 Å². The molecule has 5 nitrogen and oxygen atoms in total. The Hall–Kier alpha value is -0.940. The SMILES string of the molecule is CCC(NC)c1nnc(C2CCCOC2)o1. The van der Waals surface area contributed by atoms with Crippen molar-refractivity contribution in [2.75, 3.05) is 20.3 Å². The van der Waals surface area contributed by atoms with Crippen LogP contribution in [0, 0.1) is 0 Å². The summed E-state index contributed by atoms with van der Waals surface area (Å²) in [5.41, 5.74) is 0. The summed E-state index contributed by atoms with van der Waals surface area (Å²) in [6.45, 7) is 3.65. The summed E-state index contributed by atoms with van der Waals surface area (Å²) in [5.74, 6) is 1.69. The lowest BCUT2D eigenvalue weighted by Gasteiger charge is -2.18. The van der Waals surface area contributed by atoms with Crippen molar-refractivity contribution in [3.63, 3.8) is 0 Å². The van der Waals surface area contributed by atoms with Crippen LogP contribution in [-0.4, -0.2) is 30.5 Å². The average molecular weight is 225 g/mol. The summed E-state index contributed by atoms with van der Waals surface area (Å²) in [7, 11) is 1.90. The van der Waals surface area contributed by atoms with E-state index in [4.69, 9.17) is 9.15 Å². The molecule has 0 radical (unpaired) electrons. The molecule has 1 aliphatic heterocycles. The van der Waals surface area contributed by atoms with E-state index in [-0.39, 0.29) is 12.0 Å². The maximum Gasteiger partial charge on any atom is 0.233 e. The highest BCUT2D eigenvalue weighted by Crippen LogP contribution is 2.25. The molecule has 1 saturated heterocycles. The van der Waals surface area contributed by atoms with Gasteiger partial charge in [-0.1, -0.05) is 6.92 Å². The van der Waals surface area contributed by atoms with E-state index >= 15 is 0 Å². The minimum atomic E-state index is 0.158. The molecule has 1 aromatic rings. The van der Waals surface area contributed by atoms with Crippen LogP contribution in [0.4, 0.5) is 0 Å². The molecule has 16 heavy (non-hydrogen) atoms. The molecule has 1 aliphatic rings. The largest absolute Gasteiger partial charge is 0.423 e. The van der Waals surface area contributed by atoms with E-state index in [1.165, 1.54) is 0 Å². The van der Waals surface area contributed by atoms with Crippen LogP contribution in [0.1, 0.15) is 49.9 Å². The normalized spacial score (nSPS) is 23.2. The van der Waals surface area contributed by atoms with Gasteiger partial charge in [0.1, 0.15) is 0 Å². The fourth-order valence-electron chi connectivity index (χ4n) is 1.99. The summed E-state index contributed by atoms with van der Waals surface area (Å²) in [5, 5.41) is 11.4. The molecule has 0 spiro atoms. The Morgan fingerprint density at radius 1 is 1.50 bits per heavy atom. The molecular weight excluding hydrogens is 206 g/mol. The quantitative estimate of drug-likeness (QED) is 0.844. The van der Waals surface area contributed by atoms with Crippen molar-refractivity contribution in [2.24, 2.45) is 0 Å². The van der Waals surface area contributed by atoms with Crippen molar-refractivity contribution in [2.45, 2.75) is 38.1 Å². The predicted octanol–water partition coefficient (Wildman–Crippen LogP) is 1.63. The molecule has 90 valence electrons. The average Bonchev–Trinajstić information content (AvgIpc) is 2.81. The van der Waals surface area contributed by atoms with Crippen LogP contribution in [0.3, 0.4) is 0 Å². The third-order valence-corrected chi connectivity index (χ3v) is 3.02. The molecule has 1 fully saturated rings. The van der Waals surface area contributed by atoms with Crippen LogP contribution < -0.4 is 5.32 Å². The third-order valence-electron chi connectivity index (χ3n) is 3.02. The number of hydrogen-bond acceptors (Lipinski definition) is 5. The number of nitrogens with one attached hydrogen (secondary N) is 1. The van der Waals surface area contributed by atoms with E-state index in [1.54, 1.807) is 0 Å². The molecular formula is C11H19N3O2. The van der Waals surface area contributed by atoms with E-state index in [2.05, 4.69) is 22.4 Å². The zero-order valence-corrected chi connectivity index (χ0v) is 9.90. The van der Waals surface area contributed by atoms with Gasteiger partial charge in [-0.05, 0) is 26.3 Å². The van der Waals surface area contributed by atoms with Crippen molar-refractivity contribution in [1.29, 1.82) is 0 Å². The topological polar surface area (TPSA) is 60.2 Å². The fraction of sp³-hybridized carbons (Fsp3) is 0.818. The Bertz CT molecular complexity index is 317. The Morgan fingerprint density at radius 2 is 2.38 bits per heavy atom. The van der Waals surface area contributed by atoms with Crippen molar-refractivity contribution in [1.82, 2.24) is 15.5 Å². The second-order valence-corrected chi connectivity index (χ2v) is 4.14. The van der Waals surface area contributed by atoms with Gasteiger partial charge in [-0.25, -0.2) is 0 Å². The Balaban J connectivity index is 2.05. The highest BCUT2D eigenvalue weighted by Gasteiger charge is 2.23. The second-order valence-electron chi connectivity index (χ2n) is 4.14. The first-order chi connectivity index (χ1) is 7.85. The molecule has 2 heterocycles. The molecule has 0 bridgehead atoms. The molecule has 0 aromatic carbocycles. The van der Waals surface area contributed by atoms with Crippen LogP contribution in [0.25, 0.3) is 0 Å². The maximum absolute atomic E-state index is 5.70. The first-order valence-electron chi connectivity index (χ1n) is 5.93. The molecule has 0 amide bonds. The van der Waals surface area contributed by atoms with Gasteiger partial charge in [0.05, 0.1) is 18.6 Å². The van der Waals surface area contributed by atoms with Crippen LogP contribution in [0.2, 0.25) is 0 Å². The zero-order valence-electron chi connectivity index (χ0n) is 9.90. The lowest BCUT2D eigenvalue weighted by Crippen LogP contribution is -2.16. The van der Waals surface area contributed by atoms with Gasteiger partial charge in [0.25, 0.3) is 0 Å². The van der Waals surface area contributed by atoms with Gasteiger partial charge in [-0.2, -0.15) is 0 Å². The molecule has 1 aromatic heterocycles. The summed E-state index contributed by atoms with van der Waals surface area (Å²) in [6.07, 6.45) is 3.10. The molecule has 2 unspecified atom stereocenters. The summed E-state index contributed by atoms with van der Waals surface area (Å²) in [4.78, 5) is 0. The molecule has 2 rings (SSSR count). The van der Waals surface area contributed by atoms with Crippen molar-refractivity contribution in [3.8, 4) is 0 Å². The van der Waals surface area contributed by atoms with Crippen LogP contribution in [0.15, 0.2) is 4.42 Å². The first-order valence-corrected chi connectivity index (χ1v) is 5.93. The van der Waals surface area contributed by atoms with Gasteiger partial charge in [-0.15, -0.1) is 10.2 Å². The smallest absolute Gasteiger partial charge is 0.233 e. The van der Waals surface area contributed by atoms with E-state index < -0.39 is 0 Å². The van der Waals surface area contributed by atoms with Gasteiger partial charge < -0.3 is 14.5 Å². The first kappa shape index (κ1) is 11.5. The number of ether oxygens (including phenoxy) is 1. The lowest BCUT2D eigenvalue weighted by atomic mass is 10.0. The Morgan fingerprint density at radius 3 is 3.00 bits per heavy atom. The van der Waals surface area contributed by atoms with Crippen molar-refractivity contribution < 1.29 is 9.15 Å². The van der Waals surface area contributed by atoms with Crippen LogP contribution in [-0.2, 0) is 4.74 Å². The minimum Gasteiger partial charge on any atom is -0.423 e. The number of hydrogen-bond donors (Lipinski definition) is 1. The summed E-state index contributed by atoms with van der Waals surface area (Å²) in [6, 6.07) is 0.158. The molecule has 0 aliphatic carbocycles. The third kappa shape index (κ3) is 2.41. The predicted molar refractivity (Wildman–Crippen MR) is 59.2 cm³/mol. The van der Waals surface area contributed by atoms with Gasteiger partial charge in [0, 0.05) is 6.61 Å². The van der Waals surface area contributed by atoms with Crippen molar-refractivity contribution in [3.05, 3.63) is 11.8 Å². The van der Waals surface area contributed by atoms with Gasteiger partial charge >= 0.3 is 0 Å². The highest BCUT2D eigenvalue weighted by molar-refractivity contribution is 4.95. The summed E-state index contributed by atoms with van der Waals surface area (Å²) >= 11 is 0. The summed E-state index contributed by atoms with van der Waals surface area (Å²) < 4.78 is 11.1. The number of nitrogens with zero attached hydrogens (tertiary/aromatic N) is 2. The standard InChI is InChI=1S/C11H19N3O2/c1-3-9(12-2)11-14-13-10(16-11)8-5-4-6-15-7-8/h8-9,12H,3-7H2,1-2H3. The zero-order chi connectivity index (χ0) is 11.4. The lowest BCUT2D eigenvalue weighted by molar-refractivity contribution is 0.0719. The fourth-order valence-corrected chi connectivity index (χ4v) is 1.99. The van der Waals surface area contributed by atoms with E-state index in [1.807, 2.05) is 7.05 Å². The number of rotatable bonds is 4. The molecule has 2 atom stereocenters. The number of aromatic nitrogens is 2. The Kier molecular flexibility index (Phi) is 3.90. The molecule has 1 N–H and O–H groups in total.